The first-order chi connectivity index (χ1) is 26.7. The number of amides is 2. The van der Waals surface area contributed by atoms with E-state index in [1.54, 1.807) is 32.9 Å². The summed E-state index contributed by atoms with van der Waals surface area (Å²) in [6.07, 6.45) is 1.44. The molecule has 3 rings (SSSR count). The van der Waals surface area contributed by atoms with E-state index in [1.165, 1.54) is 11.9 Å². The Morgan fingerprint density at radius 3 is 2.32 bits per heavy atom. The molecule has 1 heterocycles. The van der Waals surface area contributed by atoms with E-state index < -0.39 is 47.8 Å². The van der Waals surface area contributed by atoms with Crippen molar-refractivity contribution in [3.8, 4) is 11.5 Å². The average Bonchev–Trinajstić information content (AvgIpc) is 3.13. The third-order valence-corrected chi connectivity index (χ3v) is 8.97. The smallest absolute Gasteiger partial charge is 0.333 e. The Balaban J connectivity index is 1.64. The maximum Gasteiger partial charge on any atom is 0.333 e. The van der Waals surface area contributed by atoms with Crippen LogP contribution in [-0.2, 0) is 57.6 Å². The predicted octanol–water partition coefficient (Wildman–Crippen LogP) is 4.95. The summed E-state index contributed by atoms with van der Waals surface area (Å²) in [4.78, 5) is 62.6. The van der Waals surface area contributed by atoms with Gasteiger partial charge in [-0.1, -0.05) is 24.3 Å². The van der Waals surface area contributed by atoms with E-state index in [1.807, 2.05) is 58.0 Å². The number of likely N-dealkylation sites (N-methyl/N-ethyl adjacent to an activating group) is 1. The Kier molecular flexibility index (Phi) is 17.7. The van der Waals surface area contributed by atoms with E-state index in [4.69, 9.17) is 23.7 Å². The molecule has 2 aromatic rings. The van der Waals surface area contributed by atoms with Crippen LogP contribution < -0.4 is 14.8 Å². The lowest BCUT2D eigenvalue weighted by Gasteiger charge is -2.31. The Morgan fingerprint density at radius 1 is 1.00 bits per heavy atom. The fourth-order valence-corrected chi connectivity index (χ4v) is 5.72. The molecule has 3 N–H and O–H groups in total. The van der Waals surface area contributed by atoms with Crippen LogP contribution in [0.4, 0.5) is 0 Å². The van der Waals surface area contributed by atoms with Crippen LogP contribution in [0.5, 0.6) is 11.5 Å². The van der Waals surface area contributed by atoms with Crippen molar-refractivity contribution in [1.82, 2.24) is 10.2 Å². The molecule has 57 heavy (non-hydrogen) atoms. The first-order valence-electron chi connectivity index (χ1n) is 19.3. The number of hydrogen-bond donors (Lipinski definition) is 3. The largest absolute Gasteiger partial charge is 0.488 e. The summed E-state index contributed by atoms with van der Waals surface area (Å²) in [5.41, 5.74) is 1.23. The monoisotopic (exact) mass is 796 g/mol. The lowest BCUT2D eigenvalue weighted by molar-refractivity contribution is -0.195. The molecule has 14 heteroatoms. The van der Waals surface area contributed by atoms with Crippen LogP contribution in [0, 0.1) is 5.41 Å². The van der Waals surface area contributed by atoms with Gasteiger partial charge in [0.25, 0.3) is 0 Å². The number of ether oxygens (including phenoxy) is 5. The van der Waals surface area contributed by atoms with Crippen LogP contribution >= 0.6 is 0 Å². The highest BCUT2D eigenvalue weighted by molar-refractivity contribution is 5.94. The first-order valence-corrected chi connectivity index (χ1v) is 19.3. The number of aryl methyl sites for hydroxylation is 1. The molecule has 0 bridgehead atoms. The van der Waals surface area contributed by atoms with Gasteiger partial charge in [-0.3, -0.25) is 19.2 Å². The number of esters is 1. The maximum absolute atomic E-state index is 13.5. The second-order valence-electron chi connectivity index (χ2n) is 16.3. The third-order valence-electron chi connectivity index (χ3n) is 8.97. The van der Waals surface area contributed by atoms with Crippen molar-refractivity contribution in [2.24, 2.45) is 5.41 Å². The number of allylic oxidation sites excluding steroid dienone is 1. The van der Waals surface area contributed by atoms with Crippen LogP contribution in [0.3, 0.4) is 0 Å². The van der Waals surface area contributed by atoms with Crippen LogP contribution in [0.15, 0.2) is 54.6 Å². The summed E-state index contributed by atoms with van der Waals surface area (Å²) < 4.78 is 29.0. The molecule has 0 aromatic heterocycles. The molecule has 0 radical (unpaired) electrons. The normalized spacial score (nSPS) is 18.3. The van der Waals surface area contributed by atoms with Gasteiger partial charge in [0.1, 0.15) is 36.5 Å². The van der Waals surface area contributed by atoms with E-state index in [0.29, 0.717) is 55.8 Å². The van der Waals surface area contributed by atoms with Crippen molar-refractivity contribution in [1.29, 1.82) is 0 Å². The number of carbonyl (C=O) groups excluding carboxylic acids is 4. The lowest BCUT2D eigenvalue weighted by Crippen LogP contribution is -2.48. The van der Waals surface area contributed by atoms with Gasteiger partial charge in [0.15, 0.2) is 6.10 Å². The van der Waals surface area contributed by atoms with Gasteiger partial charge in [0.2, 0.25) is 18.1 Å². The van der Waals surface area contributed by atoms with Crippen molar-refractivity contribution in [2.75, 3.05) is 20.2 Å². The van der Waals surface area contributed by atoms with Crippen LogP contribution in [0.2, 0.25) is 0 Å². The number of aliphatic hydroxyl groups excluding tert-OH is 1. The summed E-state index contributed by atoms with van der Waals surface area (Å²) in [6.45, 7) is 13.8. The fraction of sp³-hybridized carbons (Fsp3) is 0.558. The number of aldehydes is 1. The Morgan fingerprint density at radius 2 is 1.68 bits per heavy atom. The highest BCUT2D eigenvalue weighted by Gasteiger charge is 2.34. The molecule has 1 aliphatic heterocycles. The van der Waals surface area contributed by atoms with Crippen molar-refractivity contribution in [3.05, 3.63) is 71.3 Å². The van der Waals surface area contributed by atoms with E-state index in [2.05, 4.69) is 5.32 Å². The number of unbranched alkanes of at least 4 members (excludes halogenated alkanes) is 1. The standard InChI is InChI=1S/C43H60N2O12/c1-28(26-54-43(5,6)7)55-33-18-15-30(16-19-33)22-34(45(8)37(48)13-11-21-46)39(49)44-20-10-9-12-29-14-17-31(27-53-41(52)42(2,3)4)35(23-29)56-38-25-32(47)24-36(57-38)40(50)51/h11,13-19,21,23,28,32,34,36,38,47H,9-10,12,20,22,24-27H2,1-8H3,(H,44,49)(H,50,51)/b13-11-. The summed E-state index contributed by atoms with van der Waals surface area (Å²) in [5.74, 6) is -1.45. The van der Waals surface area contributed by atoms with Gasteiger partial charge in [-0.2, -0.15) is 0 Å². The summed E-state index contributed by atoms with van der Waals surface area (Å²) in [6, 6.07) is 11.9. The number of carboxylic acid groups (broad SMARTS) is 1. The van der Waals surface area contributed by atoms with Crippen molar-refractivity contribution in [3.63, 3.8) is 0 Å². The molecule has 1 aliphatic rings. The van der Waals surface area contributed by atoms with Crippen molar-refractivity contribution >= 4 is 30.0 Å². The van der Waals surface area contributed by atoms with Gasteiger partial charge in [0.05, 0.1) is 23.7 Å². The third kappa shape index (κ3) is 16.3. The number of rotatable bonds is 20. The minimum atomic E-state index is -1.22. The molecular formula is C43H60N2O12. The zero-order valence-electron chi connectivity index (χ0n) is 34.4. The molecular weight excluding hydrogens is 736 g/mol. The van der Waals surface area contributed by atoms with E-state index >= 15 is 0 Å². The molecule has 0 saturated carbocycles. The van der Waals surface area contributed by atoms with Crippen LogP contribution in [0.25, 0.3) is 0 Å². The number of carbonyl (C=O) groups is 5. The molecule has 314 valence electrons. The number of nitrogens with zero attached hydrogens (tertiary/aromatic N) is 1. The quantitative estimate of drug-likeness (QED) is 0.0710. The fourth-order valence-electron chi connectivity index (χ4n) is 5.72. The average molecular weight is 797 g/mol. The van der Waals surface area contributed by atoms with Gasteiger partial charge in [0, 0.05) is 44.5 Å². The number of carboxylic acids is 1. The van der Waals surface area contributed by atoms with Crippen LogP contribution in [-0.4, -0.2) is 102 Å². The number of aliphatic carboxylic acids is 1. The molecule has 5 unspecified atom stereocenters. The number of nitrogens with one attached hydrogen (secondary N) is 1. The first kappa shape index (κ1) is 46.6. The van der Waals surface area contributed by atoms with Crippen LogP contribution in [0.1, 0.15) is 90.8 Å². The van der Waals surface area contributed by atoms with Gasteiger partial charge in [-0.25, -0.2) is 4.79 Å². The molecule has 2 amide bonds. The molecule has 0 spiro atoms. The second kappa shape index (κ2) is 21.7. The minimum Gasteiger partial charge on any atom is -0.488 e. The zero-order chi connectivity index (χ0) is 42.3. The van der Waals surface area contributed by atoms with E-state index in [9.17, 15) is 34.2 Å². The zero-order valence-corrected chi connectivity index (χ0v) is 34.4. The highest BCUT2D eigenvalue weighted by Crippen LogP contribution is 2.29. The Hall–Kier alpha value is -4.79. The molecule has 5 atom stereocenters. The van der Waals surface area contributed by atoms with Crippen molar-refractivity contribution < 1.29 is 57.9 Å². The lowest BCUT2D eigenvalue weighted by atomic mass is 9.97. The molecule has 1 fully saturated rings. The predicted molar refractivity (Wildman–Crippen MR) is 212 cm³/mol. The second-order valence-corrected chi connectivity index (χ2v) is 16.3. The molecule has 14 nitrogen and oxygen atoms in total. The van der Waals surface area contributed by atoms with E-state index in [0.717, 1.165) is 23.3 Å². The maximum atomic E-state index is 13.5. The number of benzene rings is 2. The number of aliphatic hydroxyl groups is 1. The number of hydrogen-bond acceptors (Lipinski definition) is 11. The summed E-state index contributed by atoms with van der Waals surface area (Å²) in [5, 5.41) is 22.7. The molecule has 1 saturated heterocycles. The summed E-state index contributed by atoms with van der Waals surface area (Å²) in [7, 11) is 1.52. The highest BCUT2D eigenvalue weighted by atomic mass is 16.7. The topological polar surface area (TPSA) is 187 Å². The van der Waals surface area contributed by atoms with Gasteiger partial charge < -0.3 is 44.1 Å². The van der Waals surface area contributed by atoms with Gasteiger partial charge in [-0.15, -0.1) is 0 Å². The van der Waals surface area contributed by atoms with Gasteiger partial charge >= 0.3 is 11.9 Å². The molecule has 2 aromatic carbocycles. The van der Waals surface area contributed by atoms with Gasteiger partial charge in [-0.05, 0) is 103 Å². The summed E-state index contributed by atoms with van der Waals surface area (Å²) >= 11 is 0. The SMILES string of the molecule is CC(COC(C)(C)C)Oc1ccc(CC(C(=O)NCCCCc2ccc(COC(=O)C(C)(C)C)c(OC3CC(O)CC(C(=O)O)O3)c2)N(C)C(=O)/C=C\C=O)cc1. The minimum absolute atomic E-state index is 0.0526. The Bertz CT molecular complexity index is 1680. The van der Waals surface area contributed by atoms with Crippen molar-refractivity contribution in [2.45, 2.75) is 130 Å². The molecule has 0 aliphatic carbocycles. The Labute approximate surface area is 335 Å². The van der Waals surface area contributed by atoms with E-state index in [-0.39, 0.29) is 43.5 Å².